The topological polar surface area (TPSA) is 103 Å². The number of piperazine rings is 1. The first-order valence-corrected chi connectivity index (χ1v) is 9.20. The van der Waals surface area contributed by atoms with Gasteiger partial charge in [-0.3, -0.25) is 4.79 Å². The standard InChI is InChI=1S/C19H29N3O5/c1-12(2)10-13-11-14(20-15(13)17(24)25)16(23)21-6-8-22(9-7-21)18(26)27-19(3,4)5/h11-12,20H,6-10H2,1-5H3,(H,24,25). The number of carboxylic acids is 1. The number of hydrogen-bond donors (Lipinski definition) is 2. The van der Waals surface area contributed by atoms with Crippen LogP contribution in [0.2, 0.25) is 0 Å². The van der Waals surface area contributed by atoms with Crippen molar-refractivity contribution in [3.8, 4) is 0 Å². The molecule has 27 heavy (non-hydrogen) atoms. The van der Waals surface area contributed by atoms with Crippen molar-refractivity contribution in [1.82, 2.24) is 14.8 Å². The number of carboxylic acid groups (broad SMARTS) is 1. The van der Waals surface area contributed by atoms with E-state index in [1.54, 1.807) is 15.9 Å². The summed E-state index contributed by atoms with van der Waals surface area (Å²) in [5, 5.41) is 9.36. The number of hydrogen-bond acceptors (Lipinski definition) is 4. The van der Waals surface area contributed by atoms with E-state index in [9.17, 15) is 19.5 Å². The Morgan fingerprint density at radius 3 is 2.19 bits per heavy atom. The monoisotopic (exact) mass is 379 g/mol. The van der Waals surface area contributed by atoms with Gasteiger partial charge in [0.25, 0.3) is 5.91 Å². The first kappa shape index (κ1) is 20.8. The quantitative estimate of drug-likeness (QED) is 0.837. The summed E-state index contributed by atoms with van der Waals surface area (Å²) in [6.07, 6.45) is 0.194. The van der Waals surface area contributed by atoms with Crippen LogP contribution in [-0.2, 0) is 11.2 Å². The fourth-order valence-corrected chi connectivity index (χ4v) is 2.99. The maximum absolute atomic E-state index is 12.7. The van der Waals surface area contributed by atoms with E-state index in [4.69, 9.17) is 4.74 Å². The highest BCUT2D eigenvalue weighted by molar-refractivity contribution is 5.96. The van der Waals surface area contributed by atoms with E-state index in [1.807, 2.05) is 34.6 Å². The van der Waals surface area contributed by atoms with Gasteiger partial charge in [0.1, 0.15) is 17.0 Å². The van der Waals surface area contributed by atoms with Crippen LogP contribution in [0, 0.1) is 5.92 Å². The highest BCUT2D eigenvalue weighted by atomic mass is 16.6. The molecule has 8 nitrogen and oxygen atoms in total. The third-order valence-electron chi connectivity index (χ3n) is 4.19. The second kappa shape index (κ2) is 8.02. The molecule has 0 bridgehead atoms. The fraction of sp³-hybridized carbons (Fsp3) is 0.632. The Balaban J connectivity index is 2.03. The van der Waals surface area contributed by atoms with Crippen molar-refractivity contribution < 1.29 is 24.2 Å². The molecule has 0 atom stereocenters. The molecule has 2 amide bonds. The SMILES string of the molecule is CC(C)Cc1cc(C(=O)N2CCN(C(=O)OC(C)(C)C)CC2)[nH]c1C(=O)O. The van der Waals surface area contributed by atoms with Crippen molar-refractivity contribution in [2.45, 2.75) is 46.6 Å². The van der Waals surface area contributed by atoms with E-state index in [0.29, 0.717) is 38.2 Å². The molecule has 0 saturated carbocycles. The molecular weight excluding hydrogens is 350 g/mol. The number of H-pyrrole nitrogens is 1. The summed E-state index contributed by atoms with van der Waals surface area (Å²) >= 11 is 0. The lowest BCUT2D eigenvalue weighted by molar-refractivity contribution is 0.0140. The third kappa shape index (κ3) is 5.48. The van der Waals surface area contributed by atoms with Gasteiger partial charge >= 0.3 is 12.1 Å². The van der Waals surface area contributed by atoms with Gasteiger partial charge in [0, 0.05) is 26.2 Å². The molecule has 1 aromatic rings. The van der Waals surface area contributed by atoms with Crippen LogP contribution in [0.5, 0.6) is 0 Å². The average Bonchev–Trinajstić information content (AvgIpc) is 2.96. The van der Waals surface area contributed by atoms with E-state index in [0.717, 1.165) is 0 Å². The van der Waals surface area contributed by atoms with Gasteiger partial charge in [-0.1, -0.05) is 13.8 Å². The van der Waals surface area contributed by atoms with E-state index in [1.165, 1.54) is 0 Å². The molecule has 1 saturated heterocycles. The number of aromatic carboxylic acids is 1. The lowest BCUT2D eigenvalue weighted by Crippen LogP contribution is -2.51. The summed E-state index contributed by atoms with van der Waals surface area (Å²) in [4.78, 5) is 42.2. The van der Waals surface area contributed by atoms with Gasteiger partial charge in [0.2, 0.25) is 0 Å². The lowest BCUT2D eigenvalue weighted by Gasteiger charge is -2.35. The summed E-state index contributed by atoms with van der Waals surface area (Å²) in [6.45, 7) is 10.9. The maximum Gasteiger partial charge on any atom is 0.410 e. The number of carbonyl (C=O) groups is 3. The van der Waals surface area contributed by atoms with Crippen LogP contribution < -0.4 is 0 Å². The largest absolute Gasteiger partial charge is 0.477 e. The molecule has 8 heteroatoms. The Morgan fingerprint density at radius 2 is 1.70 bits per heavy atom. The highest BCUT2D eigenvalue weighted by Crippen LogP contribution is 2.18. The first-order valence-electron chi connectivity index (χ1n) is 9.20. The van der Waals surface area contributed by atoms with Crippen molar-refractivity contribution in [3.63, 3.8) is 0 Å². The molecule has 0 spiro atoms. The number of amides is 2. The minimum Gasteiger partial charge on any atom is -0.477 e. The van der Waals surface area contributed by atoms with Crippen LogP contribution in [0.3, 0.4) is 0 Å². The fourth-order valence-electron chi connectivity index (χ4n) is 2.99. The van der Waals surface area contributed by atoms with Crippen LogP contribution >= 0.6 is 0 Å². The van der Waals surface area contributed by atoms with Crippen LogP contribution in [0.1, 0.15) is 61.2 Å². The average molecular weight is 379 g/mol. The smallest absolute Gasteiger partial charge is 0.410 e. The number of carbonyl (C=O) groups excluding carboxylic acids is 2. The van der Waals surface area contributed by atoms with Gasteiger partial charge < -0.3 is 24.6 Å². The summed E-state index contributed by atoms with van der Waals surface area (Å²) in [5.74, 6) is -1.05. The highest BCUT2D eigenvalue weighted by Gasteiger charge is 2.29. The summed E-state index contributed by atoms with van der Waals surface area (Å²) in [7, 11) is 0. The Kier molecular flexibility index (Phi) is 6.18. The minimum atomic E-state index is -1.07. The van der Waals surface area contributed by atoms with Crippen LogP contribution in [0.25, 0.3) is 0 Å². The first-order chi connectivity index (χ1) is 12.5. The van der Waals surface area contributed by atoms with Gasteiger partial charge in [0.15, 0.2) is 0 Å². The van der Waals surface area contributed by atoms with Crippen LogP contribution in [-0.4, -0.2) is 69.6 Å². The van der Waals surface area contributed by atoms with Gasteiger partial charge in [-0.15, -0.1) is 0 Å². The molecule has 1 aromatic heterocycles. The zero-order chi connectivity index (χ0) is 20.4. The molecule has 0 aliphatic carbocycles. The summed E-state index contributed by atoms with van der Waals surface area (Å²) in [6, 6.07) is 1.63. The van der Waals surface area contributed by atoms with Gasteiger partial charge in [0.05, 0.1) is 0 Å². The van der Waals surface area contributed by atoms with Crippen LogP contribution in [0.4, 0.5) is 4.79 Å². The Bertz CT molecular complexity index is 709. The number of aromatic amines is 1. The maximum atomic E-state index is 12.7. The van der Waals surface area contributed by atoms with Gasteiger partial charge in [-0.25, -0.2) is 9.59 Å². The molecule has 1 fully saturated rings. The van der Waals surface area contributed by atoms with Gasteiger partial charge in [-0.2, -0.15) is 0 Å². The molecule has 1 aliphatic heterocycles. The summed E-state index contributed by atoms with van der Waals surface area (Å²) < 4.78 is 5.35. The van der Waals surface area contributed by atoms with Crippen molar-refractivity contribution in [2.75, 3.05) is 26.2 Å². The van der Waals surface area contributed by atoms with Gasteiger partial charge in [-0.05, 0) is 44.7 Å². The molecule has 1 aliphatic rings. The zero-order valence-electron chi connectivity index (χ0n) is 16.7. The van der Waals surface area contributed by atoms with E-state index in [2.05, 4.69) is 4.98 Å². The number of rotatable bonds is 4. The number of ether oxygens (including phenoxy) is 1. The lowest BCUT2D eigenvalue weighted by atomic mass is 10.0. The van der Waals surface area contributed by atoms with E-state index < -0.39 is 11.6 Å². The molecule has 150 valence electrons. The molecule has 0 aromatic carbocycles. The van der Waals surface area contributed by atoms with E-state index >= 15 is 0 Å². The van der Waals surface area contributed by atoms with E-state index in [-0.39, 0.29) is 29.3 Å². The molecule has 2 N–H and O–H groups in total. The minimum absolute atomic E-state index is 0.0689. The molecular formula is C19H29N3O5. The van der Waals surface area contributed by atoms with Crippen molar-refractivity contribution in [1.29, 1.82) is 0 Å². The number of aromatic nitrogens is 1. The van der Waals surface area contributed by atoms with Crippen LogP contribution in [0.15, 0.2) is 6.07 Å². The normalized spacial score (nSPS) is 15.2. The van der Waals surface area contributed by atoms with Crippen molar-refractivity contribution in [2.24, 2.45) is 5.92 Å². The predicted molar refractivity (Wildman–Crippen MR) is 100 cm³/mol. The summed E-state index contributed by atoms with van der Waals surface area (Å²) in [5.41, 5.74) is 0.412. The molecule has 2 rings (SSSR count). The Labute approximate surface area is 159 Å². The van der Waals surface area contributed by atoms with Crippen molar-refractivity contribution in [3.05, 3.63) is 23.0 Å². The predicted octanol–water partition coefficient (Wildman–Crippen LogP) is 2.60. The molecule has 0 unspecified atom stereocenters. The number of nitrogens with one attached hydrogen (secondary N) is 1. The molecule has 2 heterocycles. The number of nitrogens with zero attached hydrogens (tertiary/aromatic N) is 2. The third-order valence-corrected chi connectivity index (χ3v) is 4.19. The second-order valence-corrected chi connectivity index (χ2v) is 8.25. The van der Waals surface area contributed by atoms with Crippen molar-refractivity contribution >= 4 is 18.0 Å². The zero-order valence-corrected chi connectivity index (χ0v) is 16.7. The Morgan fingerprint density at radius 1 is 1.15 bits per heavy atom. The Hall–Kier alpha value is -2.51. The molecule has 0 radical (unpaired) electrons. The second-order valence-electron chi connectivity index (χ2n) is 8.25.